The zero-order valence-corrected chi connectivity index (χ0v) is 17.6. The first-order chi connectivity index (χ1) is 14.1. The minimum atomic E-state index is 0.180. The monoisotopic (exact) mass is 384 g/mol. The van der Waals surface area contributed by atoms with Gasteiger partial charge in [0, 0.05) is 17.4 Å². The molecule has 1 heteroatoms. The van der Waals surface area contributed by atoms with Crippen LogP contribution in [0.4, 0.5) is 0 Å². The van der Waals surface area contributed by atoms with Gasteiger partial charge in [0.15, 0.2) is 0 Å². The van der Waals surface area contributed by atoms with E-state index in [0.29, 0.717) is 11.7 Å². The summed E-state index contributed by atoms with van der Waals surface area (Å²) in [7, 11) is 0. The lowest BCUT2D eigenvalue weighted by Crippen LogP contribution is -2.11. The second kappa shape index (κ2) is 8.86. The molecule has 0 heterocycles. The molecule has 1 nitrogen and oxygen atoms in total. The minimum absolute atomic E-state index is 0.180. The molecule has 2 atom stereocenters. The van der Waals surface area contributed by atoms with E-state index >= 15 is 0 Å². The summed E-state index contributed by atoms with van der Waals surface area (Å²) in [6.07, 6.45) is 6.50. The maximum absolute atomic E-state index is 11.0. The van der Waals surface area contributed by atoms with Crippen LogP contribution in [-0.2, 0) is 0 Å². The topological polar surface area (TPSA) is 20.2 Å². The van der Waals surface area contributed by atoms with Crippen molar-refractivity contribution in [1.82, 2.24) is 0 Å². The van der Waals surface area contributed by atoms with E-state index in [1.54, 1.807) is 0 Å². The molecule has 1 aliphatic rings. The summed E-state index contributed by atoms with van der Waals surface area (Å²) in [4.78, 5) is 0. The lowest BCUT2D eigenvalue weighted by atomic mass is 9.76. The van der Waals surface area contributed by atoms with Crippen LogP contribution in [0.1, 0.15) is 91.5 Å². The van der Waals surface area contributed by atoms with Gasteiger partial charge in [-0.05, 0) is 47.1 Å². The van der Waals surface area contributed by atoms with Gasteiger partial charge in [0.05, 0.1) is 0 Å². The SMILES string of the molecule is CC(c1ccccc1)c1cc(C2CCCCC2)c(C(C)c2ccccc2)cc1O. The maximum Gasteiger partial charge on any atom is 0.119 e. The van der Waals surface area contributed by atoms with Crippen molar-refractivity contribution in [3.63, 3.8) is 0 Å². The molecular formula is C28H32O. The second-order valence-electron chi connectivity index (χ2n) is 8.64. The van der Waals surface area contributed by atoms with E-state index in [-0.39, 0.29) is 11.8 Å². The van der Waals surface area contributed by atoms with E-state index in [4.69, 9.17) is 0 Å². The van der Waals surface area contributed by atoms with Crippen molar-refractivity contribution in [1.29, 1.82) is 0 Å². The van der Waals surface area contributed by atoms with E-state index in [2.05, 4.69) is 80.6 Å². The summed E-state index contributed by atoms with van der Waals surface area (Å²) in [5.41, 5.74) is 6.37. The molecule has 150 valence electrons. The molecule has 1 aliphatic carbocycles. The van der Waals surface area contributed by atoms with Crippen LogP contribution in [0.3, 0.4) is 0 Å². The number of phenolic OH excluding ortho intramolecular Hbond substituents is 1. The Morgan fingerprint density at radius 3 is 1.76 bits per heavy atom. The Hall–Kier alpha value is -2.54. The summed E-state index contributed by atoms with van der Waals surface area (Å²) < 4.78 is 0. The predicted octanol–water partition coefficient (Wildman–Crippen LogP) is 7.74. The van der Waals surface area contributed by atoms with Crippen LogP contribution in [0.2, 0.25) is 0 Å². The Morgan fingerprint density at radius 2 is 1.21 bits per heavy atom. The van der Waals surface area contributed by atoms with Gasteiger partial charge in [-0.2, -0.15) is 0 Å². The largest absolute Gasteiger partial charge is 0.508 e. The van der Waals surface area contributed by atoms with Gasteiger partial charge in [0.1, 0.15) is 5.75 Å². The summed E-state index contributed by atoms with van der Waals surface area (Å²) in [6, 6.07) is 25.6. The Morgan fingerprint density at radius 1 is 0.690 bits per heavy atom. The van der Waals surface area contributed by atoms with Crippen molar-refractivity contribution in [3.05, 3.63) is 101 Å². The van der Waals surface area contributed by atoms with Crippen LogP contribution in [0.5, 0.6) is 5.75 Å². The number of phenols is 1. The van der Waals surface area contributed by atoms with E-state index < -0.39 is 0 Å². The van der Waals surface area contributed by atoms with Crippen molar-refractivity contribution in [2.75, 3.05) is 0 Å². The molecule has 1 N–H and O–H groups in total. The first-order valence-corrected chi connectivity index (χ1v) is 11.1. The van der Waals surface area contributed by atoms with Gasteiger partial charge in [-0.25, -0.2) is 0 Å². The van der Waals surface area contributed by atoms with Crippen LogP contribution >= 0.6 is 0 Å². The highest BCUT2D eigenvalue weighted by Gasteiger charge is 2.25. The Bertz CT molecular complexity index is 923. The van der Waals surface area contributed by atoms with Gasteiger partial charge >= 0.3 is 0 Å². The third-order valence-corrected chi connectivity index (χ3v) is 6.81. The quantitative estimate of drug-likeness (QED) is 0.477. The number of rotatable bonds is 5. The fraction of sp³-hybridized carbons (Fsp3) is 0.357. The molecular weight excluding hydrogens is 352 g/mol. The predicted molar refractivity (Wildman–Crippen MR) is 122 cm³/mol. The highest BCUT2D eigenvalue weighted by atomic mass is 16.3. The molecule has 0 aromatic heterocycles. The molecule has 0 aliphatic heterocycles. The van der Waals surface area contributed by atoms with Gasteiger partial charge < -0.3 is 5.11 Å². The molecule has 0 radical (unpaired) electrons. The lowest BCUT2D eigenvalue weighted by Gasteiger charge is -2.29. The van der Waals surface area contributed by atoms with Crippen molar-refractivity contribution in [2.24, 2.45) is 0 Å². The number of benzene rings is 3. The molecule has 1 fully saturated rings. The molecule has 3 aromatic rings. The third kappa shape index (κ3) is 4.24. The standard InChI is InChI=1S/C28H32O/c1-20(22-12-6-3-7-13-22)25-19-28(29)26(21(2)23-14-8-4-9-15-23)18-27(25)24-16-10-5-11-17-24/h3-4,6-9,12-15,18-21,24,29H,5,10-11,16-17H2,1-2H3. The van der Waals surface area contributed by atoms with Crippen molar-refractivity contribution >= 4 is 0 Å². The molecule has 0 bridgehead atoms. The Labute approximate surface area is 175 Å². The van der Waals surface area contributed by atoms with E-state index in [1.165, 1.54) is 54.4 Å². The fourth-order valence-corrected chi connectivity index (χ4v) is 4.97. The first-order valence-electron chi connectivity index (χ1n) is 11.1. The highest BCUT2D eigenvalue weighted by molar-refractivity contribution is 5.51. The number of aromatic hydroxyl groups is 1. The zero-order chi connectivity index (χ0) is 20.2. The van der Waals surface area contributed by atoms with E-state index in [9.17, 15) is 5.11 Å². The normalized spacial score (nSPS) is 17.0. The van der Waals surface area contributed by atoms with Crippen molar-refractivity contribution in [2.45, 2.75) is 63.7 Å². The highest BCUT2D eigenvalue weighted by Crippen LogP contribution is 2.43. The third-order valence-electron chi connectivity index (χ3n) is 6.81. The van der Waals surface area contributed by atoms with E-state index in [0.717, 1.165) is 5.56 Å². The van der Waals surface area contributed by atoms with Gasteiger partial charge in [-0.3, -0.25) is 0 Å². The molecule has 1 saturated carbocycles. The molecule has 0 amide bonds. The number of hydrogen-bond acceptors (Lipinski definition) is 1. The molecule has 29 heavy (non-hydrogen) atoms. The average Bonchev–Trinajstić information content (AvgIpc) is 2.79. The van der Waals surface area contributed by atoms with Gasteiger partial charge in [-0.15, -0.1) is 0 Å². The smallest absolute Gasteiger partial charge is 0.119 e. The van der Waals surface area contributed by atoms with Crippen LogP contribution in [0, 0.1) is 0 Å². The molecule has 0 spiro atoms. The summed E-state index contributed by atoms with van der Waals surface area (Å²) >= 11 is 0. The first kappa shape index (κ1) is 19.8. The summed E-state index contributed by atoms with van der Waals surface area (Å²) in [5.74, 6) is 1.49. The molecule has 0 saturated heterocycles. The van der Waals surface area contributed by atoms with Crippen LogP contribution in [0.25, 0.3) is 0 Å². The van der Waals surface area contributed by atoms with Gasteiger partial charge in [-0.1, -0.05) is 99.8 Å². The fourth-order valence-electron chi connectivity index (χ4n) is 4.97. The minimum Gasteiger partial charge on any atom is -0.508 e. The van der Waals surface area contributed by atoms with Crippen LogP contribution in [0.15, 0.2) is 72.8 Å². The van der Waals surface area contributed by atoms with Gasteiger partial charge in [0.2, 0.25) is 0 Å². The number of hydrogen-bond donors (Lipinski definition) is 1. The Balaban J connectivity index is 1.79. The summed E-state index contributed by atoms with van der Waals surface area (Å²) in [6.45, 7) is 4.48. The lowest BCUT2D eigenvalue weighted by molar-refractivity contribution is 0.436. The van der Waals surface area contributed by atoms with Crippen molar-refractivity contribution < 1.29 is 5.11 Å². The molecule has 2 unspecified atom stereocenters. The van der Waals surface area contributed by atoms with Crippen LogP contribution in [-0.4, -0.2) is 5.11 Å². The zero-order valence-electron chi connectivity index (χ0n) is 17.6. The van der Waals surface area contributed by atoms with Gasteiger partial charge in [0.25, 0.3) is 0 Å². The van der Waals surface area contributed by atoms with E-state index in [1.807, 2.05) is 6.07 Å². The van der Waals surface area contributed by atoms with Crippen LogP contribution < -0.4 is 0 Å². The molecule has 4 rings (SSSR count). The summed E-state index contributed by atoms with van der Waals surface area (Å²) in [5, 5.41) is 11.0. The van der Waals surface area contributed by atoms with Crippen molar-refractivity contribution in [3.8, 4) is 5.75 Å². The second-order valence-corrected chi connectivity index (χ2v) is 8.64. The molecule has 3 aromatic carbocycles. The maximum atomic E-state index is 11.0. The average molecular weight is 385 g/mol. The Kier molecular flexibility index (Phi) is 6.04.